The fourth-order valence-electron chi connectivity index (χ4n) is 2.08. The summed E-state index contributed by atoms with van der Waals surface area (Å²) in [6.45, 7) is 5.69. The third-order valence-electron chi connectivity index (χ3n) is 3.03. The Morgan fingerprint density at radius 2 is 2.45 bits per heavy atom. The Morgan fingerprint density at radius 3 is 3.15 bits per heavy atom. The monoisotopic (exact) mass is 279 g/mol. The van der Waals surface area contributed by atoms with Crippen molar-refractivity contribution in [1.82, 2.24) is 15.3 Å². The largest absolute Gasteiger partial charge is 0.377 e. The van der Waals surface area contributed by atoms with Gasteiger partial charge in [0.15, 0.2) is 0 Å². The average Bonchev–Trinajstić information content (AvgIpc) is 2.46. The van der Waals surface area contributed by atoms with Crippen molar-refractivity contribution in [3.8, 4) is 0 Å². The van der Waals surface area contributed by atoms with Crippen LogP contribution in [0.2, 0.25) is 0 Å². The Morgan fingerprint density at radius 1 is 1.65 bits per heavy atom. The van der Waals surface area contributed by atoms with E-state index in [1.165, 1.54) is 0 Å². The maximum absolute atomic E-state index is 12.2. The van der Waals surface area contributed by atoms with Gasteiger partial charge in [-0.2, -0.15) is 0 Å². The van der Waals surface area contributed by atoms with E-state index in [0.717, 1.165) is 5.69 Å². The van der Waals surface area contributed by atoms with Crippen LogP contribution in [0.1, 0.15) is 19.5 Å². The summed E-state index contributed by atoms with van der Waals surface area (Å²) in [5.74, 6) is 0.460. The Balaban J connectivity index is 2.19. The molecule has 1 amide bonds. The van der Waals surface area contributed by atoms with E-state index >= 15 is 0 Å². The second-order valence-corrected chi connectivity index (χ2v) is 5.00. The van der Waals surface area contributed by atoms with Gasteiger partial charge >= 0.3 is 0 Å². The van der Waals surface area contributed by atoms with E-state index in [2.05, 4.69) is 15.3 Å². The topological polar surface area (TPSA) is 93.4 Å². The number of rotatable bonds is 4. The molecule has 1 saturated heterocycles. The Hall–Kier alpha value is -1.73. The van der Waals surface area contributed by atoms with E-state index < -0.39 is 6.04 Å². The number of amides is 1. The fourth-order valence-corrected chi connectivity index (χ4v) is 2.08. The molecule has 20 heavy (non-hydrogen) atoms. The standard InChI is InChI=1S/C13H21N5O2/c1-9(2)16-12(19)11-8-20-6-5-18(11)13-15-4-3-10(7-14)17-13/h3-4,9,11H,5-8,14H2,1-2H3,(H,16,19). The highest BCUT2D eigenvalue weighted by Crippen LogP contribution is 2.15. The lowest BCUT2D eigenvalue weighted by Crippen LogP contribution is -2.55. The summed E-state index contributed by atoms with van der Waals surface area (Å²) in [5.41, 5.74) is 6.35. The second kappa shape index (κ2) is 6.62. The van der Waals surface area contributed by atoms with Crippen molar-refractivity contribution < 1.29 is 9.53 Å². The minimum Gasteiger partial charge on any atom is -0.377 e. The summed E-state index contributed by atoms with van der Waals surface area (Å²) in [5, 5.41) is 2.90. The SMILES string of the molecule is CC(C)NC(=O)C1COCCN1c1nccc(CN)n1. The average molecular weight is 279 g/mol. The molecule has 0 saturated carbocycles. The van der Waals surface area contributed by atoms with Gasteiger partial charge < -0.3 is 20.7 Å². The van der Waals surface area contributed by atoms with Gasteiger partial charge in [-0.3, -0.25) is 4.79 Å². The summed E-state index contributed by atoms with van der Waals surface area (Å²) >= 11 is 0. The molecular weight excluding hydrogens is 258 g/mol. The van der Waals surface area contributed by atoms with Crippen molar-refractivity contribution in [3.05, 3.63) is 18.0 Å². The van der Waals surface area contributed by atoms with Crippen LogP contribution in [-0.2, 0) is 16.1 Å². The lowest BCUT2D eigenvalue weighted by Gasteiger charge is -2.35. The van der Waals surface area contributed by atoms with Crippen molar-refractivity contribution in [2.24, 2.45) is 5.73 Å². The van der Waals surface area contributed by atoms with Gasteiger partial charge in [0.1, 0.15) is 6.04 Å². The van der Waals surface area contributed by atoms with E-state index in [4.69, 9.17) is 10.5 Å². The number of hydrogen-bond donors (Lipinski definition) is 2. The van der Waals surface area contributed by atoms with E-state index in [1.807, 2.05) is 18.7 Å². The predicted octanol–water partition coefficient (Wildman–Crippen LogP) is -0.335. The van der Waals surface area contributed by atoms with Crippen molar-refractivity contribution in [2.75, 3.05) is 24.7 Å². The minimum absolute atomic E-state index is 0.0681. The van der Waals surface area contributed by atoms with E-state index in [9.17, 15) is 4.79 Å². The summed E-state index contributed by atoms with van der Waals surface area (Å²) < 4.78 is 5.41. The molecule has 0 bridgehead atoms. The number of aromatic nitrogens is 2. The van der Waals surface area contributed by atoms with Gasteiger partial charge in [-0.25, -0.2) is 9.97 Å². The molecular formula is C13H21N5O2. The molecule has 7 nitrogen and oxygen atoms in total. The maximum Gasteiger partial charge on any atom is 0.245 e. The number of ether oxygens (including phenoxy) is 1. The van der Waals surface area contributed by atoms with E-state index in [-0.39, 0.29) is 11.9 Å². The van der Waals surface area contributed by atoms with Gasteiger partial charge in [-0.15, -0.1) is 0 Å². The number of hydrogen-bond acceptors (Lipinski definition) is 6. The lowest BCUT2D eigenvalue weighted by atomic mass is 10.2. The van der Waals surface area contributed by atoms with Gasteiger partial charge in [-0.1, -0.05) is 0 Å². The molecule has 1 atom stereocenters. The first-order valence-electron chi connectivity index (χ1n) is 6.78. The Kier molecular flexibility index (Phi) is 4.86. The molecule has 1 aromatic heterocycles. The molecule has 0 spiro atoms. The highest BCUT2D eigenvalue weighted by molar-refractivity contribution is 5.85. The zero-order chi connectivity index (χ0) is 14.5. The molecule has 0 radical (unpaired) electrons. The highest BCUT2D eigenvalue weighted by Gasteiger charge is 2.31. The van der Waals surface area contributed by atoms with Crippen molar-refractivity contribution in [2.45, 2.75) is 32.5 Å². The van der Waals surface area contributed by atoms with Crippen LogP contribution in [0.25, 0.3) is 0 Å². The number of carbonyl (C=O) groups excluding carboxylic acids is 1. The summed E-state index contributed by atoms with van der Waals surface area (Å²) in [4.78, 5) is 22.7. The number of anilines is 1. The molecule has 7 heteroatoms. The molecule has 110 valence electrons. The zero-order valence-corrected chi connectivity index (χ0v) is 11.9. The number of carbonyl (C=O) groups is 1. The van der Waals surface area contributed by atoms with Crippen LogP contribution in [-0.4, -0.2) is 47.7 Å². The number of nitrogens with two attached hydrogens (primary N) is 1. The van der Waals surface area contributed by atoms with Crippen LogP contribution in [0.5, 0.6) is 0 Å². The highest BCUT2D eigenvalue weighted by atomic mass is 16.5. The van der Waals surface area contributed by atoms with Crippen LogP contribution in [0.4, 0.5) is 5.95 Å². The van der Waals surface area contributed by atoms with Crippen LogP contribution < -0.4 is 16.0 Å². The third kappa shape index (κ3) is 3.43. The number of morpholine rings is 1. The first kappa shape index (κ1) is 14.7. The van der Waals surface area contributed by atoms with Crippen molar-refractivity contribution in [1.29, 1.82) is 0 Å². The Labute approximate surface area is 118 Å². The minimum atomic E-state index is -0.404. The number of nitrogens with one attached hydrogen (secondary N) is 1. The fraction of sp³-hybridized carbons (Fsp3) is 0.615. The molecule has 0 aliphatic carbocycles. The molecule has 3 N–H and O–H groups in total. The lowest BCUT2D eigenvalue weighted by molar-refractivity contribution is -0.125. The van der Waals surface area contributed by atoms with Gasteiger partial charge in [0.25, 0.3) is 0 Å². The van der Waals surface area contributed by atoms with Gasteiger partial charge in [0.05, 0.1) is 18.9 Å². The normalized spacial score (nSPS) is 19.2. The van der Waals surface area contributed by atoms with Crippen LogP contribution in [0.3, 0.4) is 0 Å². The third-order valence-corrected chi connectivity index (χ3v) is 3.03. The van der Waals surface area contributed by atoms with E-state index in [1.54, 1.807) is 12.3 Å². The molecule has 1 fully saturated rings. The predicted molar refractivity (Wildman–Crippen MR) is 75.2 cm³/mol. The molecule has 2 rings (SSSR count). The summed E-state index contributed by atoms with van der Waals surface area (Å²) in [6, 6.07) is 1.45. The molecule has 1 unspecified atom stereocenters. The van der Waals surface area contributed by atoms with Crippen molar-refractivity contribution >= 4 is 11.9 Å². The van der Waals surface area contributed by atoms with Gasteiger partial charge in [-0.05, 0) is 19.9 Å². The molecule has 1 aliphatic heterocycles. The quantitative estimate of drug-likeness (QED) is 0.783. The van der Waals surface area contributed by atoms with Crippen LogP contribution >= 0.6 is 0 Å². The van der Waals surface area contributed by atoms with E-state index in [0.29, 0.717) is 32.3 Å². The first-order valence-corrected chi connectivity index (χ1v) is 6.78. The van der Waals surface area contributed by atoms with Crippen LogP contribution in [0, 0.1) is 0 Å². The summed E-state index contributed by atoms with van der Waals surface area (Å²) in [6.07, 6.45) is 1.66. The molecule has 0 aromatic carbocycles. The zero-order valence-electron chi connectivity index (χ0n) is 11.9. The van der Waals surface area contributed by atoms with Gasteiger partial charge in [0, 0.05) is 25.3 Å². The molecule has 2 heterocycles. The number of nitrogens with zero attached hydrogens (tertiary/aromatic N) is 3. The first-order chi connectivity index (χ1) is 9.61. The van der Waals surface area contributed by atoms with Crippen molar-refractivity contribution in [3.63, 3.8) is 0 Å². The van der Waals surface area contributed by atoms with Gasteiger partial charge in [0.2, 0.25) is 11.9 Å². The second-order valence-electron chi connectivity index (χ2n) is 5.00. The molecule has 1 aromatic rings. The van der Waals surface area contributed by atoms with Crippen LogP contribution in [0.15, 0.2) is 12.3 Å². The summed E-state index contributed by atoms with van der Waals surface area (Å²) in [7, 11) is 0. The maximum atomic E-state index is 12.2. The smallest absolute Gasteiger partial charge is 0.245 e. The molecule has 1 aliphatic rings. The Bertz CT molecular complexity index is 466.